The number of nitrogens with zero attached hydrogens (tertiary/aromatic N) is 2. The molecule has 1 amide bonds. The van der Waals surface area contributed by atoms with Gasteiger partial charge in [-0.05, 0) is 13.3 Å². The van der Waals surface area contributed by atoms with E-state index in [0.29, 0.717) is 34.3 Å². The Hall–Kier alpha value is -2.22. The van der Waals surface area contributed by atoms with Gasteiger partial charge in [-0.1, -0.05) is 12.1 Å². The second kappa shape index (κ2) is 6.49. The predicted octanol–water partition coefficient (Wildman–Crippen LogP) is 1.97. The third-order valence-corrected chi connectivity index (χ3v) is 3.63. The van der Waals surface area contributed by atoms with Gasteiger partial charge in [0.05, 0.1) is 24.9 Å². The number of hydrogen-bond donors (Lipinski definition) is 1. The number of nitrogens with one attached hydrogen (secondary N) is 1. The molecular weight excluding hydrogens is 294 g/mol. The van der Waals surface area contributed by atoms with Crippen LogP contribution >= 0.6 is 11.3 Å². The average molecular weight is 309 g/mol. The zero-order valence-electron chi connectivity index (χ0n) is 11.9. The molecule has 0 radical (unpaired) electrons. The zero-order chi connectivity index (χ0) is 15.4. The van der Waals surface area contributed by atoms with Crippen molar-refractivity contribution in [2.45, 2.75) is 26.7 Å². The van der Waals surface area contributed by atoms with E-state index in [1.807, 2.05) is 6.92 Å². The van der Waals surface area contributed by atoms with Crippen molar-refractivity contribution in [2.24, 2.45) is 0 Å². The normalized spacial score (nSPS) is 10.4. The second-order valence-corrected chi connectivity index (χ2v) is 5.12. The molecule has 21 heavy (non-hydrogen) atoms. The SMILES string of the molecule is CCc1noc(C)c1C(=O)Nc1nc(CC(=O)OC)cs1. The van der Waals surface area contributed by atoms with Crippen molar-refractivity contribution in [3.8, 4) is 0 Å². The number of esters is 1. The Morgan fingerprint density at radius 2 is 2.24 bits per heavy atom. The molecule has 0 aliphatic rings. The first-order valence-electron chi connectivity index (χ1n) is 6.32. The molecule has 0 aliphatic heterocycles. The van der Waals surface area contributed by atoms with Crippen molar-refractivity contribution < 1.29 is 18.8 Å². The summed E-state index contributed by atoms with van der Waals surface area (Å²) in [5, 5.41) is 8.65. The van der Waals surface area contributed by atoms with Gasteiger partial charge in [0, 0.05) is 5.38 Å². The lowest BCUT2D eigenvalue weighted by molar-refractivity contribution is -0.139. The fourth-order valence-corrected chi connectivity index (χ4v) is 2.48. The quantitative estimate of drug-likeness (QED) is 0.849. The van der Waals surface area contributed by atoms with Crippen LogP contribution < -0.4 is 5.32 Å². The number of carbonyl (C=O) groups excluding carboxylic acids is 2. The van der Waals surface area contributed by atoms with E-state index in [1.165, 1.54) is 18.4 Å². The first-order chi connectivity index (χ1) is 10.0. The molecule has 0 saturated heterocycles. The Kier molecular flexibility index (Phi) is 4.69. The van der Waals surface area contributed by atoms with Gasteiger partial charge in [0.25, 0.3) is 5.91 Å². The smallest absolute Gasteiger partial charge is 0.311 e. The highest BCUT2D eigenvalue weighted by Crippen LogP contribution is 2.20. The molecule has 2 heterocycles. The second-order valence-electron chi connectivity index (χ2n) is 4.27. The van der Waals surface area contributed by atoms with Crippen LogP contribution in [0.4, 0.5) is 5.13 Å². The number of thiazole rings is 1. The molecule has 7 nitrogen and oxygen atoms in total. The van der Waals surface area contributed by atoms with Gasteiger partial charge in [-0.3, -0.25) is 14.9 Å². The van der Waals surface area contributed by atoms with Gasteiger partial charge >= 0.3 is 5.97 Å². The Morgan fingerprint density at radius 1 is 1.48 bits per heavy atom. The van der Waals surface area contributed by atoms with Crippen LogP contribution in [0.5, 0.6) is 0 Å². The van der Waals surface area contributed by atoms with Gasteiger partial charge in [-0.15, -0.1) is 11.3 Å². The molecule has 8 heteroatoms. The van der Waals surface area contributed by atoms with Crippen LogP contribution in [0.3, 0.4) is 0 Å². The van der Waals surface area contributed by atoms with Crippen LogP contribution in [0.2, 0.25) is 0 Å². The molecule has 0 fully saturated rings. The third-order valence-electron chi connectivity index (χ3n) is 2.82. The lowest BCUT2D eigenvalue weighted by atomic mass is 10.1. The van der Waals surface area contributed by atoms with Gasteiger partial charge in [-0.25, -0.2) is 4.98 Å². The van der Waals surface area contributed by atoms with Crippen LogP contribution in [0.1, 0.15) is 34.4 Å². The van der Waals surface area contributed by atoms with Crippen LogP contribution in [0.15, 0.2) is 9.90 Å². The van der Waals surface area contributed by atoms with E-state index in [4.69, 9.17) is 4.52 Å². The number of aryl methyl sites for hydroxylation is 2. The lowest BCUT2D eigenvalue weighted by Crippen LogP contribution is -2.14. The minimum atomic E-state index is -0.374. The molecule has 2 aromatic rings. The molecule has 112 valence electrons. The number of rotatable bonds is 5. The fourth-order valence-electron chi connectivity index (χ4n) is 1.78. The summed E-state index contributed by atoms with van der Waals surface area (Å²) in [5.41, 5.74) is 1.60. The maximum Gasteiger partial charge on any atom is 0.311 e. The van der Waals surface area contributed by atoms with E-state index in [1.54, 1.807) is 12.3 Å². The Bertz CT molecular complexity index is 662. The van der Waals surface area contributed by atoms with Gasteiger partial charge in [-0.2, -0.15) is 0 Å². The maximum atomic E-state index is 12.2. The molecule has 0 unspecified atom stereocenters. The molecule has 1 N–H and O–H groups in total. The van der Waals surface area contributed by atoms with Gasteiger partial charge < -0.3 is 9.26 Å². The number of anilines is 1. The Balaban J connectivity index is 2.09. The van der Waals surface area contributed by atoms with E-state index in [-0.39, 0.29) is 18.3 Å². The summed E-state index contributed by atoms with van der Waals surface area (Å²) in [6, 6.07) is 0. The molecule has 2 aromatic heterocycles. The van der Waals surface area contributed by atoms with Crippen molar-refractivity contribution in [2.75, 3.05) is 12.4 Å². The van der Waals surface area contributed by atoms with Crippen molar-refractivity contribution in [3.05, 3.63) is 28.1 Å². The monoisotopic (exact) mass is 309 g/mol. The van der Waals surface area contributed by atoms with E-state index in [2.05, 4.69) is 20.2 Å². The predicted molar refractivity (Wildman–Crippen MR) is 76.4 cm³/mol. The van der Waals surface area contributed by atoms with Crippen molar-refractivity contribution in [3.63, 3.8) is 0 Å². The molecule has 0 saturated carbocycles. The highest BCUT2D eigenvalue weighted by Gasteiger charge is 2.20. The first kappa shape index (κ1) is 15.2. The summed E-state index contributed by atoms with van der Waals surface area (Å²) in [7, 11) is 1.32. The van der Waals surface area contributed by atoms with Crippen molar-refractivity contribution >= 4 is 28.3 Å². The van der Waals surface area contributed by atoms with Gasteiger partial charge in [0.15, 0.2) is 5.13 Å². The minimum absolute atomic E-state index is 0.0787. The average Bonchev–Trinajstić information content (AvgIpc) is 3.05. The van der Waals surface area contributed by atoms with Crippen molar-refractivity contribution in [1.29, 1.82) is 0 Å². The molecule has 0 aromatic carbocycles. The van der Waals surface area contributed by atoms with Gasteiger partial charge in [0.2, 0.25) is 0 Å². The summed E-state index contributed by atoms with van der Waals surface area (Å²) in [5.74, 6) is -0.221. The minimum Gasteiger partial charge on any atom is -0.469 e. The van der Waals surface area contributed by atoms with Crippen LogP contribution in [-0.4, -0.2) is 29.1 Å². The first-order valence-corrected chi connectivity index (χ1v) is 7.20. The Labute approximate surface area is 125 Å². The molecule has 0 atom stereocenters. The summed E-state index contributed by atoms with van der Waals surface area (Å²) in [6.45, 7) is 3.58. The molecular formula is C13H15N3O4S. The molecule has 0 aliphatic carbocycles. The van der Waals surface area contributed by atoms with E-state index in [9.17, 15) is 9.59 Å². The topological polar surface area (TPSA) is 94.3 Å². The zero-order valence-corrected chi connectivity index (χ0v) is 12.7. The van der Waals surface area contributed by atoms with E-state index in [0.717, 1.165) is 0 Å². The summed E-state index contributed by atoms with van der Waals surface area (Å²) in [6.07, 6.45) is 0.681. The summed E-state index contributed by atoms with van der Waals surface area (Å²) >= 11 is 1.25. The van der Waals surface area contributed by atoms with Crippen LogP contribution in [0, 0.1) is 6.92 Å². The molecule has 2 rings (SSSR count). The number of methoxy groups -OCH3 is 1. The molecule has 0 bridgehead atoms. The number of ether oxygens (including phenoxy) is 1. The summed E-state index contributed by atoms with van der Waals surface area (Å²) in [4.78, 5) is 27.6. The number of aromatic nitrogens is 2. The third kappa shape index (κ3) is 3.46. The fraction of sp³-hybridized carbons (Fsp3) is 0.385. The highest BCUT2D eigenvalue weighted by atomic mass is 32.1. The van der Waals surface area contributed by atoms with Crippen LogP contribution in [0.25, 0.3) is 0 Å². The number of hydrogen-bond acceptors (Lipinski definition) is 7. The van der Waals surface area contributed by atoms with Gasteiger partial charge in [0.1, 0.15) is 11.3 Å². The standard InChI is InChI=1S/C13H15N3O4S/c1-4-9-11(7(2)20-16-9)12(18)15-13-14-8(6-21-13)5-10(17)19-3/h6H,4-5H2,1-3H3,(H,14,15,18). The molecule has 0 spiro atoms. The summed E-state index contributed by atoms with van der Waals surface area (Å²) < 4.78 is 9.60. The van der Waals surface area contributed by atoms with E-state index < -0.39 is 0 Å². The lowest BCUT2D eigenvalue weighted by Gasteiger charge is -2.01. The number of carbonyl (C=O) groups is 2. The Morgan fingerprint density at radius 3 is 2.90 bits per heavy atom. The van der Waals surface area contributed by atoms with Crippen molar-refractivity contribution in [1.82, 2.24) is 10.1 Å². The highest BCUT2D eigenvalue weighted by molar-refractivity contribution is 7.14. The van der Waals surface area contributed by atoms with E-state index >= 15 is 0 Å². The van der Waals surface area contributed by atoms with Crippen LogP contribution in [-0.2, 0) is 22.4 Å². The number of amides is 1. The maximum absolute atomic E-state index is 12.2. The largest absolute Gasteiger partial charge is 0.469 e.